The topological polar surface area (TPSA) is 12.0 Å². The van der Waals surface area contributed by atoms with Gasteiger partial charge in [-0.2, -0.15) is 0 Å². The average molecular weight is 548 g/mol. The van der Waals surface area contributed by atoms with E-state index in [1.807, 2.05) is 0 Å². The lowest BCUT2D eigenvalue weighted by Gasteiger charge is -2.16. The summed E-state index contributed by atoms with van der Waals surface area (Å²) in [6.07, 6.45) is 0. The summed E-state index contributed by atoms with van der Waals surface area (Å²) in [6, 6.07) is 61.0. The molecule has 0 aliphatic heterocycles. The summed E-state index contributed by atoms with van der Waals surface area (Å²) in [5, 5.41) is 11.5. The smallest absolute Gasteiger partial charge is 0.0464 e. The Balaban J connectivity index is 1.23. The predicted molar refractivity (Wildman–Crippen MR) is 185 cm³/mol. The van der Waals surface area contributed by atoms with Gasteiger partial charge in [0.05, 0.1) is 0 Å². The van der Waals surface area contributed by atoms with Crippen molar-refractivity contribution in [3.05, 3.63) is 170 Å². The summed E-state index contributed by atoms with van der Waals surface area (Å²) >= 11 is 0. The Morgan fingerprint density at radius 2 is 0.721 bits per heavy atom. The van der Waals surface area contributed by atoms with Crippen LogP contribution in [0, 0.1) is 0 Å². The molecule has 8 aromatic carbocycles. The first-order valence-electron chi connectivity index (χ1n) is 14.8. The van der Waals surface area contributed by atoms with Gasteiger partial charge in [-0.05, 0) is 90.5 Å². The van der Waals surface area contributed by atoms with Gasteiger partial charge in [-0.15, -0.1) is 0 Å². The van der Waals surface area contributed by atoms with Crippen LogP contribution in [0.15, 0.2) is 170 Å². The number of anilines is 2. The van der Waals surface area contributed by atoms with E-state index in [9.17, 15) is 0 Å². The molecule has 0 atom stereocenters. The fourth-order valence-electron chi connectivity index (χ4n) is 6.31. The second kappa shape index (κ2) is 10.6. The Morgan fingerprint density at radius 3 is 1.35 bits per heavy atom. The minimum Gasteiger partial charge on any atom is -0.355 e. The number of nitrogens with one attached hydrogen (secondary N) is 1. The highest BCUT2D eigenvalue weighted by Crippen LogP contribution is 2.39. The Bertz CT molecular complexity index is 2200. The van der Waals surface area contributed by atoms with Crippen molar-refractivity contribution < 1.29 is 0 Å². The van der Waals surface area contributed by atoms with E-state index in [2.05, 4.69) is 175 Å². The molecule has 0 aliphatic rings. The minimum absolute atomic E-state index is 1.06. The van der Waals surface area contributed by atoms with Crippen molar-refractivity contribution in [2.24, 2.45) is 0 Å². The quantitative estimate of drug-likeness (QED) is 0.211. The molecule has 8 aromatic rings. The number of rotatable bonds is 5. The molecule has 43 heavy (non-hydrogen) atoms. The van der Waals surface area contributed by atoms with Crippen LogP contribution in [0.4, 0.5) is 11.4 Å². The van der Waals surface area contributed by atoms with E-state index < -0.39 is 0 Å². The summed E-state index contributed by atoms with van der Waals surface area (Å²) in [4.78, 5) is 0. The first kappa shape index (κ1) is 25.1. The van der Waals surface area contributed by atoms with Crippen molar-refractivity contribution in [1.29, 1.82) is 0 Å². The van der Waals surface area contributed by atoms with E-state index >= 15 is 0 Å². The van der Waals surface area contributed by atoms with Crippen molar-refractivity contribution in [3.63, 3.8) is 0 Å². The number of fused-ring (bicyclic) bond motifs is 6. The van der Waals surface area contributed by atoms with Gasteiger partial charge >= 0.3 is 0 Å². The average Bonchev–Trinajstić information content (AvgIpc) is 3.09. The van der Waals surface area contributed by atoms with Crippen LogP contribution >= 0.6 is 0 Å². The molecule has 0 aliphatic carbocycles. The maximum Gasteiger partial charge on any atom is 0.0464 e. The Morgan fingerprint density at radius 1 is 0.279 bits per heavy atom. The summed E-state index contributed by atoms with van der Waals surface area (Å²) in [5.74, 6) is 0. The molecule has 0 fully saturated rings. The standard InChI is InChI=1S/C42H29N/c1-3-11-29(12-4-1)30-19-23-34(24-20-30)43-42-26-22-33(27-40(42)31-13-5-2-6-14-31)32-21-25-39-37-17-8-7-15-35(37)36-16-9-10-18-38(36)41(39)28-32/h1-28,43H. The first-order chi connectivity index (χ1) is 21.3. The molecule has 1 N–H and O–H groups in total. The number of hydrogen-bond acceptors (Lipinski definition) is 1. The zero-order chi connectivity index (χ0) is 28.6. The third-order valence-corrected chi connectivity index (χ3v) is 8.45. The number of benzene rings is 8. The molecule has 202 valence electrons. The largest absolute Gasteiger partial charge is 0.355 e. The fourth-order valence-corrected chi connectivity index (χ4v) is 6.31. The van der Waals surface area contributed by atoms with Gasteiger partial charge in [-0.25, -0.2) is 0 Å². The first-order valence-corrected chi connectivity index (χ1v) is 14.8. The van der Waals surface area contributed by atoms with Crippen LogP contribution in [0.3, 0.4) is 0 Å². The van der Waals surface area contributed by atoms with Gasteiger partial charge < -0.3 is 5.32 Å². The molecule has 0 aromatic heterocycles. The highest BCUT2D eigenvalue weighted by Gasteiger charge is 2.12. The van der Waals surface area contributed by atoms with Gasteiger partial charge in [0.25, 0.3) is 0 Å². The summed E-state index contributed by atoms with van der Waals surface area (Å²) in [5.41, 5.74) is 9.35. The maximum absolute atomic E-state index is 3.70. The second-order valence-corrected chi connectivity index (χ2v) is 11.0. The van der Waals surface area contributed by atoms with E-state index in [4.69, 9.17) is 0 Å². The lowest BCUT2D eigenvalue weighted by molar-refractivity contribution is 1.52. The molecule has 8 rings (SSSR count). The van der Waals surface area contributed by atoms with Gasteiger partial charge in [0.15, 0.2) is 0 Å². The summed E-state index contributed by atoms with van der Waals surface area (Å²) < 4.78 is 0. The van der Waals surface area contributed by atoms with Gasteiger partial charge in [0, 0.05) is 16.9 Å². The molecular weight excluding hydrogens is 518 g/mol. The Labute approximate surface area is 251 Å². The maximum atomic E-state index is 3.70. The molecule has 0 bridgehead atoms. The van der Waals surface area contributed by atoms with Gasteiger partial charge in [0.2, 0.25) is 0 Å². The minimum atomic E-state index is 1.06. The molecular formula is C42H29N. The molecule has 1 heteroatoms. The molecule has 0 radical (unpaired) electrons. The van der Waals surface area contributed by atoms with E-state index in [0.29, 0.717) is 0 Å². The van der Waals surface area contributed by atoms with Crippen LogP contribution in [0.2, 0.25) is 0 Å². The lowest BCUT2D eigenvalue weighted by Crippen LogP contribution is -1.94. The highest BCUT2D eigenvalue weighted by atomic mass is 14.9. The molecule has 0 saturated carbocycles. The van der Waals surface area contributed by atoms with E-state index in [1.165, 1.54) is 65.7 Å². The normalized spacial score (nSPS) is 11.3. The molecule has 0 saturated heterocycles. The van der Waals surface area contributed by atoms with Crippen molar-refractivity contribution in [2.45, 2.75) is 0 Å². The monoisotopic (exact) mass is 547 g/mol. The van der Waals surface area contributed by atoms with Crippen LogP contribution in [-0.4, -0.2) is 0 Å². The van der Waals surface area contributed by atoms with Crippen molar-refractivity contribution in [3.8, 4) is 33.4 Å². The third kappa shape index (κ3) is 4.62. The van der Waals surface area contributed by atoms with Gasteiger partial charge in [-0.3, -0.25) is 0 Å². The van der Waals surface area contributed by atoms with Crippen molar-refractivity contribution in [1.82, 2.24) is 0 Å². The summed E-state index contributed by atoms with van der Waals surface area (Å²) in [6.45, 7) is 0. The molecule has 0 heterocycles. The SMILES string of the molecule is c1ccc(-c2ccc(Nc3ccc(-c4ccc5c6ccccc6c6ccccc6c5c4)cc3-c3ccccc3)cc2)cc1. The zero-order valence-electron chi connectivity index (χ0n) is 23.7. The summed E-state index contributed by atoms with van der Waals surface area (Å²) in [7, 11) is 0. The predicted octanol–water partition coefficient (Wildman–Crippen LogP) is 11.9. The van der Waals surface area contributed by atoms with Gasteiger partial charge in [-0.1, -0.05) is 140 Å². The lowest BCUT2D eigenvalue weighted by atomic mass is 9.91. The highest BCUT2D eigenvalue weighted by molar-refractivity contribution is 6.25. The van der Waals surface area contributed by atoms with Crippen LogP contribution in [-0.2, 0) is 0 Å². The van der Waals surface area contributed by atoms with Crippen LogP contribution < -0.4 is 5.32 Å². The van der Waals surface area contributed by atoms with E-state index in [1.54, 1.807) is 0 Å². The zero-order valence-corrected chi connectivity index (χ0v) is 23.7. The van der Waals surface area contributed by atoms with E-state index in [0.717, 1.165) is 11.4 Å². The Hall–Kier alpha value is -5.66. The molecule has 0 spiro atoms. The number of hydrogen-bond donors (Lipinski definition) is 1. The van der Waals surface area contributed by atoms with Crippen LogP contribution in [0.5, 0.6) is 0 Å². The van der Waals surface area contributed by atoms with E-state index in [-0.39, 0.29) is 0 Å². The Kier molecular flexibility index (Phi) is 6.20. The van der Waals surface area contributed by atoms with Crippen LogP contribution in [0.1, 0.15) is 0 Å². The van der Waals surface area contributed by atoms with Crippen molar-refractivity contribution in [2.75, 3.05) is 5.32 Å². The van der Waals surface area contributed by atoms with Crippen LogP contribution in [0.25, 0.3) is 65.7 Å². The fraction of sp³-hybridized carbons (Fsp3) is 0. The van der Waals surface area contributed by atoms with Crippen molar-refractivity contribution >= 4 is 43.7 Å². The third-order valence-electron chi connectivity index (χ3n) is 8.45. The second-order valence-electron chi connectivity index (χ2n) is 11.0. The van der Waals surface area contributed by atoms with Gasteiger partial charge in [0.1, 0.15) is 0 Å². The molecule has 1 nitrogen and oxygen atoms in total. The molecule has 0 unspecified atom stereocenters. The molecule has 0 amide bonds.